The summed E-state index contributed by atoms with van der Waals surface area (Å²) in [7, 11) is 0. The maximum Gasteiger partial charge on any atom is 0.257 e. The quantitative estimate of drug-likeness (QED) is 0.597. The van der Waals surface area contributed by atoms with E-state index in [0.717, 1.165) is 17.3 Å². The largest absolute Gasteiger partial charge is 0.322 e. The molecular formula is C18H11ClFN5O. The van der Waals surface area contributed by atoms with Gasteiger partial charge in [-0.05, 0) is 42.5 Å². The van der Waals surface area contributed by atoms with Gasteiger partial charge in [0.15, 0.2) is 5.65 Å². The minimum Gasteiger partial charge on any atom is -0.322 e. The van der Waals surface area contributed by atoms with Crippen molar-refractivity contribution in [3.63, 3.8) is 0 Å². The second-order valence-electron chi connectivity index (χ2n) is 5.51. The van der Waals surface area contributed by atoms with Crippen LogP contribution in [0, 0.1) is 5.82 Å². The van der Waals surface area contributed by atoms with Crippen molar-refractivity contribution in [2.75, 3.05) is 5.32 Å². The summed E-state index contributed by atoms with van der Waals surface area (Å²) < 4.78 is 14.7. The van der Waals surface area contributed by atoms with Gasteiger partial charge in [0.1, 0.15) is 12.1 Å². The third-order valence-electron chi connectivity index (χ3n) is 3.78. The van der Waals surface area contributed by atoms with Gasteiger partial charge in [-0.25, -0.2) is 4.39 Å². The molecule has 8 heteroatoms. The molecule has 0 spiro atoms. The Hall–Kier alpha value is -3.32. The average molecular weight is 368 g/mol. The van der Waals surface area contributed by atoms with Crippen LogP contribution in [0.4, 0.5) is 10.1 Å². The van der Waals surface area contributed by atoms with E-state index in [-0.39, 0.29) is 10.6 Å². The highest BCUT2D eigenvalue weighted by atomic mass is 35.5. The lowest BCUT2D eigenvalue weighted by Crippen LogP contribution is -2.12. The van der Waals surface area contributed by atoms with Crippen LogP contribution in [-0.2, 0) is 0 Å². The summed E-state index contributed by atoms with van der Waals surface area (Å²) >= 11 is 5.91. The summed E-state index contributed by atoms with van der Waals surface area (Å²) in [6.07, 6.45) is 1.53. The second-order valence-corrected chi connectivity index (χ2v) is 5.92. The van der Waals surface area contributed by atoms with Crippen molar-refractivity contribution in [3.05, 3.63) is 77.3 Å². The Labute approximate surface area is 152 Å². The fraction of sp³-hybridized carbons (Fsp3) is 0. The number of nitrogens with zero attached hydrogens (tertiary/aromatic N) is 4. The lowest BCUT2D eigenvalue weighted by molar-refractivity contribution is 0.102. The summed E-state index contributed by atoms with van der Waals surface area (Å²) in [5.41, 5.74) is 3.07. The van der Waals surface area contributed by atoms with Crippen molar-refractivity contribution >= 4 is 28.8 Å². The average Bonchev–Trinajstić information content (AvgIpc) is 3.10. The molecule has 6 nitrogen and oxygen atoms in total. The Kier molecular flexibility index (Phi) is 4.06. The summed E-state index contributed by atoms with van der Waals surface area (Å²) in [6, 6.07) is 14.5. The Morgan fingerprint density at radius 1 is 1.08 bits per heavy atom. The van der Waals surface area contributed by atoms with E-state index in [1.807, 2.05) is 24.3 Å². The van der Waals surface area contributed by atoms with Gasteiger partial charge in [-0.2, -0.15) is 9.61 Å². The van der Waals surface area contributed by atoms with Crippen molar-refractivity contribution in [2.24, 2.45) is 0 Å². The smallest absolute Gasteiger partial charge is 0.257 e. The molecule has 0 aliphatic rings. The normalized spacial score (nSPS) is 10.8. The van der Waals surface area contributed by atoms with Gasteiger partial charge in [0, 0.05) is 11.3 Å². The van der Waals surface area contributed by atoms with Crippen molar-refractivity contribution in [1.82, 2.24) is 19.8 Å². The monoisotopic (exact) mass is 367 g/mol. The molecule has 0 fully saturated rings. The molecule has 0 atom stereocenters. The predicted molar refractivity (Wildman–Crippen MR) is 95.6 cm³/mol. The molecule has 0 unspecified atom stereocenters. The second kappa shape index (κ2) is 6.53. The summed E-state index contributed by atoms with van der Waals surface area (Å²) in [6.45, 7) is 0. The minimum atomic E-state index is -0.492. The molecule has 0 bridgehead atoms. The van der Waals surface area contributed by atoms with Crippen molar-refractivity contribution in [3.8, 4) is 11.3 Å². The zero-order chi connectivity index (χ0) is 18.1. The molecule has 4 aromatic rings. The number of rotatable bonds is 3. The van der Waals surface area contributed by atoms with Crippen molar-refractivity contribution in [2.45, 2.75) is 0 Å². The molecule has 0 aliphatic heterocycles. The summed E-state index contributed by atoms with van der Waals surface area (Å²) in [5, 5.41) is 14.9. The van der Waals surface area contributed by atoms with Crippen molar-refractivity contribution < 1.29 is 9.18 Å². The molecule has 2 aromatic carbocycles. The topological polar surface area (TPSA) is 72.2 Å². The number of amides is 1. The van der Waals surface area contributed by atoms with Crippen LogP contribution in [0.3, 0.4) is 0 Å². The highest BCUT2D eigenvalue weighted by Crippen LogP contribution is 2.22. The number of hydrogen-bond acceptors (Lipinski definition) is 4. The van der Waals surface area contributed by atoms with Crippen LogP contribution in [0.25, 0.3) is 16.9 Å². The van der Waals surface area contributed by atoms with Crippen LogP contribution >= 0.6 is 11.6 Å². The minimum absolute atomic E-state index is 0.0607. The van der Waals surface area contributed by atoms with E-state index in [0.29, 0.717) is 11.3 Å². The number of anilines is 1. The molecule has 26 heavy (non-hydrogen) atoms. The Bertz CT molecular complexity index is 1110. The number of aromatic nitrogens is 4. The number of fused-ring (bicyclic) bond motifs is 1. The van der Waals surface area contributed by atoms with Gasteiger partial charge in [0.2, 0.25) is 0 Å². The number of carbonyl (C=O) groups is 1. The first-order valence-electron chi connectivity index (χ1n) is 7.64. The van der Waals surface area contributed by atoms with Gasteiger partial charge in [-0.15, -0.1) is 10.2 Å². The van der Waals surface area contributed by atoms with Crippen LogP contribution < -0.4 is 5.32 Å². The highest BCUT2D eigenvalue weighted by molar-refractivity contribution is 6.34. The molecule has 2 aromatic heterocycles. The molecular weight excluding hydrogens is 357 g/mol. The van der Waals surface area contributed by atoms with E-state index >= 15 is 0 Å². The summed E-state index contributed by atoms with van der Waals surface area (Å²) in [5.74, 6) is -0.903. The highest BCUT2D eigenvalue weighted by Gasteiger charge is 2.11. The van der Waals surface area contributed by atoms with E-state index in [9.17, 15) is 9.18 Å². The molecule has 1 N–H and O–H groups in total. The number of benzene rings is 2. The van der Waals surface area contributed by atoms with Gasteiger partial charge in [-0.1, -0.05) is 23.7 Å². The van der Waals surface area contributed by atoms with E-state index in [1.54, 1.807) is 16.6 Å². The predicted octanol–water partition coefficient (Wildman–Crippen LogP) is 3.84. The van der Waals surface area contributed by atoms with E-state index in [2.05, 4.69) is 20.6 Å². The number of carbonyl (C=O) groups excluding carboxylic acids is 1. The van der Waals surface area contributed by atoms with Gasteiger partial charge < -0.3 is 5.32 Å². The molecule has 1 amide bonds. The van der Waals surface area contributed by atoms with Gasteiger partial charge >= 0.3 is 0 Å². The first-order chi connectivity index (χ1) is 12.6. The molecule has 0 aliphatic carbocycles. The standard InChI is InChI=1S/C18H11ClFN5O/c19-15-9-12(20)3-6-14(15)18(26)22-13-4-1-11(2-5-13)16-7-8-17-23-21-10-25(17)24-16/h1-10H,(H,22,26). The third-order valence-corrected chi connectivity index (χ3v) is 4.09. The zero-order valence-electron chi connectivity index (χ0n) is 13.2. The first kappa shape index (κ1) is 16.2. The lowest BCUT2D eigenvalue weighted by atomic mass is 10.1. The van der Waals surface area contributed by atoms with Gasteiger partial charge in [-0.3, -0.25) is 4.79 Å². The Balaban J connectivity index is 1.54. The molecule has 128 valence electrons. The van der Waals surface area contributed by atoms with E-state index in [4.69, 9.17) is 11.6 Å². The maximum atomic E-state index is 13.1. The fourth-order valence-corrected chi connectivity index (χ4v) is 2.73. The number of hydrogen-bond donors (Lipinski definition) is 1. The van der Waals surface area contributed by atoms with Gasteiger partial charge in [0.05, 0.1) is 16.3 Å². The first-order valence-corrected chi connectivity index (χ1v) is 8.02. The third kappa shape index (κ3) is 3.12. The summed E-state index contributed by atoms with van der Waals surface area (Å²) in [4.78, 5) is 12.3. The van der Waals surface area contributed by atoms with Crippen LogP contribution in [0.2, 0.25) is 5.02 Å². The molecule has 2 heterocycles. The zero-order valence-corrected chi connectivity index (χ0v) is 14.0. The van der Waals surface area contributed by atoms with Crippen LogP contribution in [0.15, 0.2) is 60.9 Å². The SMILES string of the molecule is O=C(Nc1ccc(-c2ccc3nncn3n2)cc1)c1ccc(F)cc1Cl. The number of halogens is 2. The van der Waals surface area contributed by atoms with E-state index in [1.165, 1.54) is 18.5 Å². The Morgan fingerprint density at radius 2 is 1.88 bits per heavy atom. The van der Waals surface area contributed by atoms with Crippen LogP contribution in [-0.4, -0.2) is 25.7 Å². The Morgan fingerprint density at radius 3 is 2.65 bits per heavy atom. The fourth-order valence-electron chi connectivity index (χ4n) is 2.48. The molecule has 0 radical (unpaired) electrons. The van der Waals surface area contributed by atoms with Crippen LogP contribution in [0.5, 0.6) is 0 Å². The molecule has 0 saturated heterocycles. The van der Waals surface area contributed by atoms with E-state index < -0.39 is 11.7 Å². The lowest BCUT2D eigenvalue weighted by Gasteiger charge is -2.08. The molecule has 4 rings (SSSR count). The van der Waals surface area contributed by atoms with Gasteiger partial charge in [0.25, 0.3) is 5.91 Å². The maximum absolute atomic E-state index is 13.1. The van der Waals surface area contributed by atoms with Crippen molar-refractivity contribution in [1.29, 1.82) is 0 Å². The molecule has 0 saturated carbocycles. The van der Waals surface area contributed by atoms with Crippen LogP contribution in [0.1, 0.15) is 10.4 Å². The number of nitrogens with one attached hydrogen (secondary N) is 1.